The van der Waals surface area contributed by atoms with E-state index < -0.39 is 0 Å². The van der Waals surface area contributed by atoms with Gasteiger partial charge < -0.3 is 9.64 Å². The molecule has 0 fully saturated rings. The molecule has 0 radical (unpaired) electrons. The van der Waals surface area contributed by atoms with Crippen LogP contribution in [-0.4, -0.2) is 33.2 Å². The first-order chi connectivity index (χ1) is 11.7. The van der Waals surface area contributed by atoms with E-state index in [9.17, 15) is 0 Å². The average molecular weight is 409 g/mol. The fourth-order valence-corrected chi connectivity index (χ4v) is 3.89. The largest absolute Gasteiger partial charge is 0.378 e. The third kappa shape index (κ3) is 2.66. The summed E-state index contributed by atoms with van der Waals surface area (Å²) in [5, 5.41) is 5.10. The standard InChI is InChI=1S/C16H15BrClN5O/c1-24-8-10-6-15(23-16(21-10)19-9-20-23)22-5-4-11-12(7-22)14(18)3-2-13(11)17/h2-3,6,9H,4-5,7-8H2,1H3. The molecule has 0 aliphatic carbocycles. The van der Waals surface area contributed by atoms with E-state index in [0.29, 0.717) is 12.4 Å². The molecule has 0 bridgehead atoms. The SMILES string of the molecule is COCc1cc(N2CCc3c(Br)ccc(Cl)c3C2)n2ncnc2n1. The minimum atomic E-state index is 0.438. The minimum Gasteiger partial charge on any atom is -0.378 e. The topological polar surface area (TPSA) is 55.6 Å². The number of ether oxygens (including phenoxy) is 1. The number of hydrogen-bond acceptors (Lipinski definition) is 5. The number of fused-ring (bicyclic) bond motifs is 2. The van der Waals surface area contributed by atoms with E-state index in [1.54, 1.807) is 11.6 Å². The number of anilines is 1. The maximum absolute atomic E-state index is 6.43. The van der Waals surface area contributed by atoms with Gasteiger partial charge in [-0.3, -0.25) is 0 Å². The molecule has 3 heterocycles. The van der Waals surface area contributed by atoms with Crippen molar-refractivity contribution in [1.82, 2.24) is 19.6 Å². The number of nitrogens with zero attached hydrogens (tertiary/aromatic N) is 5. The molecule has 2 aromatic heterocycles. The first kappa shape index (κ1) is 15.8. The average Bonchev–Trinajstić information content (AvgIpc) is 3.06. The first-order valence-corrected chi connectivity index (χ1v) is 8.74. The van der Waals surface area contributed by atoms with Crippen molar-refractivity contribution in [1.29, 1.82) is 0 Å². The first-order valence-electron chi connectivity index (χ1n) is 7.56. The van der Waals surface area contributed by atoms with Gasteiger partial charge >= 0.3 is 0 Å². The molecule has 0 N–H and O–H groups in total. The normalized spacial score (nSPS) is 14.2. The van der Waals surface area contributed by atoms with Crippen molar-refractivity contribution in [3.63, 3.8) is 0 Å². The van der Waals surface area contributed by atoms with Crippen molar-refractivity contribution < 1.29 is 4.74 Å². The van der Waals surface area contributed by atoms with Crippen molar-refractivity contribution in [2.45, 2.75) is 19.6 Å². The molecule has 6 nitrogen and oxygen atoms in total. The van der Waals surface area contributed by atoms with Gasteiger partial charge in [0.2, 0.25) is 0 Å². The van der Waals surface area contributed by atoms with Crippen LogP contribution < -0.4 is 4.90 Å². The highest BCUT2D eigenvalue weighted by Crippen LogP contribution is 2.33. The van der Waals surface area contributed by atoms with Gasteiger partial charge in [0, 0.05) is 35.8 Å². The lowest BCUT2D eigenvalue weighted by Crippen LogP contribution is -2.32. The monoisotopic (exact) mass is 407 g/mol. The highest BCUT2D eigenvalue weighted by molar-refractivity contribution is 9.10. The Kier molecular flexibility index (Phi) is 4.15. The van der Waals surface area contributed by atoms with E-state index in [1.165, 1.54) is 11.9 Å². The predicted molar refractivity (Wildman–Crippen MR) is 95.4 cm³/mol. The quantitative estimate of drug-likeness (QED) is 0.666. The zero-order valence-corrected chi connectivity index (χ0v) is 15.4. The van der Waals surface area contributed by atoms with Crippen molar-refractivity contribution in [3.05, 3.63) is 50.8 Å². The van der Waals surface area contributed by atoms with Crippen LogP contribution in [0, 0.1) is 0 Å². The predicted octanol–water partition coefficient (Wildman–Crippen LogP) is 3.25. The van der Waals surface area contributed by atoms with E-state index >= 15 is 0 Å². The second-order valence-corrected chi connectivity index (χ2v) is 6.93. The third-order valence-electron chi connectivity index (χ3n) is 4.20. The van der Waals surface area contributed by atoms with E-state index in [1.807, 2.05) is 18.2 Å². The highest BCUT2D eigenvalue weighted by atomic mass is 79.9. The smallest absolute Gasteiger partial charge is 0.254 e. The molecule has 0 unspecified atom stereocenters. The maximum Gasteiger partial charge on any atom is 0.254 e. The van der Waals surface area contributed by atoms with Crippen molar-refractivity contribution in [2.75, 3.05) is 18.6 Å². The zero-order chi connectivity index (χ0) is 16.7. The Hall–Kier alpha value is -1.70. The van der Waals surface area contributed by atoms with Crippen LogP contribution in [0.5, 0.6) is 0 Å². The van der Waals surface area contributed by atoms with Crippen LogP contribution in [0.4, 0.5) is 5.82 Å². The summed E-state index contributed by atoms with van der Waals surface area (Å²) in [6.07, 6.45) is 2.43. The van der Waals surface area contributed by atoms with Gasteiger partial charge in [-0.1, -0.05) is 27.5 Å². The molecule has 0 spiro atoms. The van der Waals surface area contributed by atoms with Gasteiger partial charge in [0.25, 0.3) is 5.78 Å². The van der Waals surface area contributed by atoms with E-state index in [2.05, 4.69) is 35.9 Å². The molecule has 0 saturated carbocycles. The Balaban J connectivity index is 1.78. The van der Waals surface area contributed by atoms with Crippen LogP contribution in [0.2, 0.25) is 5.02 Å². The lowest BCUT2D eigenvalue weighted by Gasteiger charge is -2.31. The number of benzene rings is 1. The summed E-state index contributed by atoms with van der Waals surface area (Å²) >= 11 is 10.1. The van der Waals surface area contributed by atoms with Crippen LogP contribution >= 0.6 is 27.5 Å². The van der Waals surface area contributed by atoms with Gasteiger partial charge in [0.1, 0.15) is 12.1 Å². The molecule has 24 heavy (non-hydrogen) atoms. The number of hydrogen-bond donors (Lipinski definition) is 0. The molecule has 4 rings (SSSR count). The van der Waals surface area contributed by atoms with E-state index in [0.717, 1.165) is 46.1 Å². The second-order valence-electron chi connectivity index (χ2n) is 5.67. The fraction of sp³-hybridized carbons (Fsp3) is 0.312. The summed E-state index contributed by atoms with van der Waals surface area (Å²) in [6.45, 7) is 2.03. The van der Waals surface area contributed by atoms with Gasteiger partial charge in [-0.2, -0.15) is 14.6 Å². The molecule has 1 aliphatic rings. The summed E-state index contributed by atoms with van der Waals surface area (Å²) in [7, 11) is 1.66. The third-order valence-corrected chi connectivity index (χ3v) is 5.30. The van der Waals surface area contributed by atoms with Crippen LogP contribution in [0.3, 0.4) is 0 Å². The van der Waals surface area contributed by atoms with Crippen molar-refractivity contribution in [3.8, 4) is 0 Å². The summed E-state index contributed by atoms with van der Waals surface area (Å²) in [5.74, 6) is 1.52. The minimum absolute atomic E-state index is 0.438. The number of aromatic nitrogens is 4. The molecule has 0 amide bonds. The van der Waals surface area contributed by atoms with Crippen LogP contribution in [0.1, 0.15) is 16.8 Å². The van der Waals surface area contributed by atoms with Gasteiger partial charge in [-0.15, -0.1) is 0 Å². The Morgan fingerprint density at radius 3 is 3.04 bits per heavy atom. The summed E-state index contributed by atoms with van der Waals surface area (Å²) in [5.41, 5.74) is 3.26. The Morgan fingerprint density at radius 1 is 1.33 bits per heavy atom. The molecular formula is C16H15BrClN5O. The maximum atomic E-state index is 6.43. The van der Waals surface area contributed by atoms with Gasteiger partial charge in [-0.05, 0) is 29.7 Å². The lowest BCUT2D eigenvalue weighted by atomic mass is 10.00. The lowest BCUT2D eigenvalue weighted by molar-refractivity contribution is 0.181. The Labute approximate surface area is 152 Å². The molecule has 3 aromatic rings. The molecule has 8 heteroatoms. The van der Waals surface area contributed by atoms with Crippen LogP contribution in [0.15, 0.2) is 29.0 Å². The number of rotatable bonds is 3. The summed E-state index contributed by atoms with van der Waals surface area (Å²) in [6, 6.07) is 5.94. The molecule has 1 aliphatic heterocycles. The number of halogens is 2. The van der Waals surface area contributed by atoms with E-state index in [-0.39, 0.29) is 0 Å². The van der Waals surface area contributed by atoms with Crippen LogP contribution in [0.25, 0.3) is 5.78 Å². The Morgan fingerprint density at radius 2 is 2.21 bits per heavy atom. The molecule has 124 valence electrons. The van der Waals surface area contributed by atoms with Gasteiger partial charge in [0.05, 0.1) is 12.3 Å². The fourth-order valence-electron chi connectivity index (χ4n) is 3.08. The van der Waals surface area contributed by atoms with Crippen molar-refractivity contribution >= 4 is 39.1 Å². The zero-order valence-electron chi connectivity index (χ0n) is 13.0. The summed E-state index contributed by atoms with van der Waals surface area (Å²) < 4.78 is 8.09. The van der Waals surface area contributed by atoms with E-state index in [4.69, 9.17) is 16.3 Å². The van der Waals surface area contributed by atoms with Gasteiger partial charge in [-0.25, -0.2) is 4.98 Å². The van der Waals surface area contributed by atoms with Crippen molar-refractivity contribution in [2.24, 2.45) is 0 Å². The second kappa shape index (κ2) is 6.31. The number of methoxy groups -OCH3 is 1. The molecular weight excluding hydrogens is 394 g/mol. The van der Waals surface area contributed by atoms with Crippen LogP contribution in [-0.2, 0) is 24.3 Å². The molecule has 0 atom stereocenters. The molecule has 1 aromatic carbocycles. The summed E-state index contributed by atoms with van der Waals surface area (Å²) in [4.78, 5) is 10.9. The highest BCUT2D eigenvalue weighted by Gasteiger charge is 2.23. The Bertz CT molecular complexity index is 913. The molecule has 0 saturated heterocycles. The van der Waals surface area contributed by atoms with Gasteiger partial charge in [0.15, 0.2) is 0 Å².